The number of urea groups is 1. The molecule has 0 aromatic heterocycles. The summed E-state index contributed by atoms with van der Waals surface area (Å²) in [4.78, 5) is 34.8. The maximum Gasteiger partial charge on any atom is 0.312 e. The van der Waals surface area contributed by atoms with E-state index in [9.17, 15) is 14.4 Å². The van der Waals surface area contributed by atoms with Gasteiger partial charge in [0.1, 0.15) is 0 Å². The van der Waals surface area contributed by atoms with E-state index in [1.165, 1.54) is 0 Å². The molecular formula is C14H28N4O3S. The highest BCUT2D eigenvalue weighted by Gasteiger charge is 2.25. The van der Waals surface area contributed by atoms with E-state index < -0.39 is 25.0 Å². The first-order valence-corrected chi connectivity index (χ1v) is 8.60. The van der Waals surface area contributed by atoms with Crippen molar-refractivity contribution in [3.05, 3.63) is 0 Å². The quantitative estimate of drug-likeness (QED) is 0.324. The molecule has 1 unspecified atom stereocenters. The highest BCUT2D eigenvalue weighted by molar-refractivity contribution is 7.98. The molecule has 0 aliphatic rings. The average molecular weight is 333 g/mol. The number of primary amides is 1. The molecule has 3 amide bonds. The molecule has 0 aliphatic heterocycles. The summed E-state index contributed by atoms with van der Waals surface area (Å²) in [7, 11) is 0. The third-order valence-corrected chi connectivity index (χ3v) is 3.53. The van der Waals surface area contributed by atoms with Crippen molar-refractivity contribution < 1.29 is 15.8 Å². The number of Topliss-reactive ketones (excluding diaryl/α,β-unsaturated/α-hetero) is 1. The van der Waals surface area contributed by atoms with Gasteiger partial charge in [-0.3, -0.25) is 14.9 Å². The lowest BCUT2D eigenvalue weighted by Gasteiger charge is -2.24. The van der Waals surface area contributed by atoms with Crippen molar-refractivity contribution in [3.8, 4) is 0 Å². The third-order valence-electron chi connectivity index (χ3n) is 3.07. The van der Waals surface area contributed by atoms with Gasteiger partial charge in [0, 0.05) is 13.8 Å². The Morgan fingerprint density at radius 1 is 1.32 bits per heavy atom. The molecule has 128 valence electrons. The van der Waals surface area contributed by atoms with E-state index in [-0.39, 0.29) is 17.6 Å². The molecule has 0 bridgehead atoms. The molecule has 22 heavy (non-hydrogen) atoms. The molecule has 0 radical (unpaired) electrons. The van der Waals surface area contributed by atoms with Crippen molar-refractivity contribution in [2.75, 3.05) is 18.7 Å². The van der Waals surface area contributed by atoms with Gasteiger partial charge in [-0.1, -0.05) is 13.8 Å². The number of hydrogen-bond donors (Lipinski definition) is 4. The molecule has 2 atom stereocenters. The largest absolute Gasteiger partial charge is 0.352 e. The summed E-state index contributed by atoms with van der Waals surface area (Å²) in [6, 6.07) is -1.74. The summed E-state index contributed by atoms with van der Waals surface area (Å²) in [5.74, 6) is 0.120. The number of nitrogens with two attached hydrogens (primary N) is 1. The summed E-state index contributed by atoms with van der Waals surface area (Å²) in [6.07, 6.45) is 2.78. The van der Waals surface area contributed by atoms with Crippen molar-refractivity contribution in [2.45, 2.75) is 45.7 Å². The van der Waals surface area contributed by atoms with Gasteiger partial charge in [-0.25, -0.2) is 4.79 Å². The van der Waals surface area contributed by atoms with E-state index in [2.05, 4.69) is 16.0 Å². The molecule has 0 rings (SSSR count). The van der Waals surface area contributed by atoms with Gasteiger partial charge >= 0.3 is 6.03 Å². The van der Waals surface area contributed by atoms with Crippen LogP contribution in [0.4, 0.5) is 4.79 Å². The van der Waals surface area contributed by atoms with Gasteiger partial charge in [0.15, 0.2) is 5.78 Å². The van der Waals surface area contributed by atoms with Crippen LogP contribution in [-0.2, 0) is 9.59 Å². The fourth-order valence-corrected chi connectivity index (χ4v) is 2.24. The minimum atomic E-state index is -0.716. The number of thioether (sulfide) groups is 1. The van der Waals surface area contributed by atoms with Crippen LogP contribution in [0.1, 0.15) is 35.0 Å². The fourth-order valence-electron chi connectivity index (χ4n) is 1.90. The Morgan fingerprint density at radius 2 is 2.00 bits per heavy atom. The number of rotatable bonds is 11. The standard InChI is InChI=1S/C14H28N4O3S/c1-9(2)12(17-8-22-4)13(20)18-11(10(3)19)6-5-7-16-14(15)21/h9,11-12,17H,5-8H2,1-4H3,(H,18,20)(H3,15,16,21)/t11-,12?/m0/s1/i3D. The maximum atomic E-state index is 12.4. The van der Waals surface area contributed by atoms with Gasteiger partial charge in [0.05, 0.1) is 12.1 Å². The van der Waals surface area contributed by atoms with Gasteiger partial charge in [0.2, 0.25) is 5.91 Å². The van der Waals surface area contributed by atoms with E-state index in [4.69, 9.17) is 7.10 Å². The van der Waals surface area contributed by atoms with E-state index in [0.717, 1.165) is 0 Å². The van der Waals surface area contributed by atoms with Crippen LogP contribution < -0.4 is 21.7 Å². The zero-order chi connectivity index (χ0) is 17.8. The first-order chi connectivity index (χ1) is 10.8. The summed E-state index contributed by atoms with van der Waals surface area (Å²) in [6.45, 7) is 3.79. The van der Waals surface area contributed by atoms with E-state index in [0.29, 0.717) is 25.3 Å². The van der Waals surface area contributed by atoms with Crippen molar-refractivity contribution in [2.24, 2.45) is 11.7 Å². The molecule has 0 aromatic carbocycles. The monoisotopic (exact) mass is 333 g/mol. The Balaban J connectivity index is 4.62. The molecule has 0 saturated heterocycles. The molecule has 0 saturated carbocycles. The highest BCUT2D eigenvalue weighted by Crippen LogP contribution is 2.06. The summed E-state index contributed by atoms with van der Waals surface area (Å²) in [5.41, 5.74) is 4.97. The lowest BCUT2D eigenvalue weighted by molar-refractivity contribution is -0.129. The Kier molecular flexibility index (Phi) is 9.65. The molecular weight excluding hydrogens is 304 g/mol. The number of ketones is 1. The smallest absolute Gasteiger partial charge is 0.312 e. The lowest BCUT2D eigenvalue weighted by Crippen LogP contribution is -2.52. The third kappa shape index (κ3) is 8.89. The molecule has 0 aromatic rings. The van der Waals surface area contributed by atoms with Crippen LogP contribution in [-0.4, -0.2) is 48.5 Å². The maximum absolute atomic E-state index is 12.4. The van der Waals surface area contributed by atoms with Crippen molar-refractivity contribution in [1.82, 2.24) is 16.0 Å². The number of amides is 3. The Labute approximate surface area is 137 Å². The second kappa shape index (κ2) is 11.3. The van der Waals surface area contributed by atoms with E-state index in [1.807, 2.05) is 20.1 Å². The topological polar surface area (TPSA) is 113 Å². The molecule has 0 spiro atoms. The zero-order valence-corrected chi connectivity index (χ0v) is 14.3. The van der Waals surface area contributed by atoms with Gasteiger partial charge < -0.3 is 16.4 Å². The Morgan fingerprint density at radius 3 is 2.50 bits per heavy atom. The first kappa shape index (κ1) is 18.8. The molecule has 0 heterocycles. The number of carbonyl (C=O) groups is 3. The van der Waals surface area contributed by atoms with Gasteiger partial charge in [-0.05, 0) is 31.9 Å². The molecule has 5 N–H and O–H groups in total. The van der Waals surface area contributed by atoms with Crippen molar-refractivity contribution >= 4 is 29.5 Å². The van der Waals surface area contributed by atoms with Crippen LogP contribution >= 0.6 is 11.8 Å². The lowest BCUT2D eigenvalue weighted by atomic mass is 10.0. The average Bonchev–Trinajstić information content (AvgIpc) is 2.49. The van der Waals surface area contributed by atoms with Crippen molar-refractivity contribution in [3.63, 3.8) is 0 Å². The number of carbonyl (C=O) groups excluding carboxylic acids is 3. The van der Waals surface area contributed by atoms with Crippen LogP contribution in [0.25, 0.3) is 0 Å². The fraction of sp³-hybridized carbons (Fsp3) is 0.786. The number of nitrogens with one attached hydrogen (secondary N) is 3. The molecule has 8 heteroatoms. The summed E-state index contributed by atoms with van der Waals surface area (Å²) in [5, 5.41) is 8.29. The molecule has 7 nitrogen and oxygen atoms in total. The van der Waals surface area contributed by atoms with Crippen LogP contribution in [0.5, 0.6) is 0 Å². The van der Waals surface area contributed by atoms with Gasteiger partial charge in [0.25, 0.3) is 0 Å². The van der Waals surface area contributed by atoms with Crippen molar-refractivity contribution in [1.29, 1.82) is 0 Å². The van der Waals surface area contributed by atoms with Gasteiger partial charge in [-0.15, -0.1) is 11.8 Å². The minimum Gasteiger partial charge on any atom is -0.352 e. The normalized spacial score (nSPS) is 14.1. The Bertz CT molecular complexity index is 396. The predicted molar refractivity (Wildman–Crippen MR) is 89.6 cm³/mol. The Hall–Kier alpha value is -1.28. The predicted octanol–water partition coefficient (Wildman–Crippen LogP) is 0.443. The number of hydrogen-bond acceptors (Lipinski definition) is 5. The second-order valence-corrected chi connectivity index (χ2v) is 6.19. The first-order valence-electron chi connectivity index (χ1n) is 7.92. The molecule has 0 aliphatic carbocycles. The SMILES string of the molecule is [2H]CC(=O)[C@H](CCCNC(N)=O)NC(=O)C(NCSC)C(C)C. The van der Waals surface area contributed by atoms with E-state index in [1.54, 1.807) is 11.8 Å². The molecule has 0 fully saturated rings. The van der Waals surface area contributed by atoms with E-state index >= 15 is 0 Å². The minimum absolute atomic E-state index is 0.0745. The van der Waals surface area contributed by atoms with Crippen LogP contribution in [0.15, 0.2) is 0 Å². The summed E-state index contributed by atoms with van der Waals surface area (Å²) < 4.78 is 7.23. The van der Waals surface area contributed by atoms with Crippen LogP contribution in [0.2, 0.25) is 0 Å². The van der Waals surface area contributed by atoms with Gasteiger partial charge in [-0.2, -0.15) is 0 Å². The van der Waals surface area contributed by atoms with Crippen LogP contribution in [0, 0.1) is 5.92 Å². The summed E-state index contributed by atoms with van der Waals surface area (Å²) >= 11 is 1.57. The second-order valence-electron chi connectivity index (χ2n) is 5.32. The zero-order valence-electron chi connectivity index (χ0n) is 14.5. The highest BCUT2D eigenvalue weighted by atomic mass is 32.2. The van der Waals surface area contributed by atoms with Crippen LogP contribution in [0.3, 0.4) is 0 Å².